The minimum atomic E-state index is -4.37. The van der Waals surface area contributed by atoms with E-state index >= 15 is 0 Å². The number of rotatable bonds is 4. The first-order chi connectivity index (χ1) is 14.5. The van der Waals surface area contributed by atoms with Gasteiger partial charge in [-0.3, -0.25) is 4.79 Å². The number of fused-ring (bicyclic) bond motifs is 1. The Bertz CT molecular complexity index is 1270. The highest BCUT2D eigenvalue weighted by Gasteiger charge is 2.35. The summed E-state index contributed by atoms with van der Waals surface area (Å²) in [5.41, 5.74) is 0.944. The van der Waals surface area contributed by atoms with Crippen LogP contribution < -0.4 is 9.03 Å². The van der Waals surface area contributed by atoms with E-state index in [0.717, 1.165) is 27.6 Å². The minimum absolute atomic E-state index is 0.00857. The van der Waals surface area contributed by atoms with Crippen LogP contribution in [0.1, 0.15) is 16.7 Å². The molecule has 0 aliphatic carbocycles. The number of carbonyl (C=O) groups is 1. The van der Waals surface area contributed by atoms with Gasteiger partial charge in [0, 0.05) is 0 Å². The van der Waals surface area contributed by atoms with Crippen LogP contribution in [-0.2, 0) is 34.0 Å². The Kier molecular flexibility index (Phi) is 5.04. The predicted octanol–water partition coefficient (Wildman–Crippen LogP) is 3.53. The molecule has 6 nitrogen and oxygen atoms in total. The van der Waals surface area contributed by atoms with Crippen molar-refractivity contribution in [2.24, 2.45) is 0 Å². The van der Waals surface area contributed by atoms with Crippen LogP contribution in [0.25, 0.3) is 10.8 Å². The summed E-state index contributed by atoms with van der Waals surface area (Å²) < 4.78 is 64.9. The number of phenols is 1. The second-order valence-electron chi connectivity index (χ2n) is 7.25. The Morgan fingerprint density at radius 2 is 1.58 bits per heavy atom. The molecule has 1 aliphatic heterocycles. The first-order valence-corrected chi connectivity index (χ1v) is 10.7. The molecule has 1 amide bonds. The SMILES string of the molecule is O=C1CN(c2cc3cc(CCc4ccc(C(F)(F)F)cc4)ccc3cc2O)S(=O)(=O)N1. The number of hydrogen-bond donors (Lipinski definition) is 2. The van der Waals surface area contributed by atoms with E-state index in [0.29, 0.717) is 23.6 Å². The first kappa shape index (κ1) is 21.0. The van der Waals surface area contributed by atoms with E-state index in [1.807, 2.05) is 16.9 Å². The van der Waals surface area contributed by atoms with Crippen LogP contribution in [0.2, 0.25) is 0 Å². The van der Waals surface area contributed by atoms with Crippen molar-refractivity contribution in [2.45, 2.75) is 19.0 Å². The lowest BCUT2D eigenvalue weighted by atomic mass is 10.00. The molecule has 162 valence electrons. The van der Waals surface area contributed by atoms with Gasteiger partial charge in [0.1, 0.15) is 12.3 Å². The maximum atomic E-state index is 12.7. The summed E-state index contributed by atoms with van der Waals surface area (Å²) in [6.07, 6.45) is -3.30. The Morgan fingerprint density at radius 3 is 2.19 bits per heavy atom. The van der Waals surface area contributed by atoms with Crippen LogP contribution in [0.4, 0.5) is 18.9 Å². The standard InChI is InChI=1S/C21H17F3N2O4S/c22-21(23,24)17-7-4-13(5-8-17)1-2-14-3-6-15-11-19(27)18(10-16(15)9-14)26-12-20(28)25-31(26,29)30/h3-11,27H,1-2,12H2,(H,25,28). The number of nitrogens with one attached hydrogen (secondary N) is 1. The van der Waals surface area contributed by atoms with Crippen molar-refractivity contribution < 1.29 is 31.5 Å². The van der Waals surface area contributed by atoms with Crippen molar-refractivity contribution >= 4 is 32.6 Å². The van der Waals surface area contributed by atoms with E-state index in [9.17, 15) is 31.5 Å². The van der Waals surface area contributed by atoms with Crippen LogP contribution in [0.15, 0.2) is 54.6 Å². The number of amides is 1. The molecular weight excluding hydrogens is 433 g/mol. The summed E-state index contributed by atoms with van der Waals surface area (Å²) in [6.45, 7) is -0.422. The molecule has 10 heteroatoms. The number of halogens is 3. The van der Waals surface area contributed by atoms with Gasteiger partial charge in [0.15, 0.2) is 0 Å². The van der Waals surface area contributed by atoms with E-state index in [2.05, 4.69) is 0 Å². The van der Waals surface area contributed by atoms with Crippen LogP contribution >= 0.6 is 0 Å². The fourth-order valence-corrected chi connectivity index (χ4v) is 4.64. The number of benzene rings is 3. The number of carbonyl (C=O) groups excluding carboxylic acids is 1. The fourth-order valence-electron chi connectivity index (χ4n) is 3.49. The largest absolute Gasteiger partial charge is 0.506 e. The molecule has 0 saturated carbocycles. The normalized spacial score (nSPS) is 16.0. The second kappa shape index (κ2) is 7.45. The van der Waals surface area contributed by atoms with Gasteiger partial charge in [0.05, 0.1) is 11.3 Å². The Balaban J connectivity index is 1.57. The third-order valence-electron chi connectivity index (χ3n) is 5.07. The van der Waals surface area contributed by atoms with Gasteiger partial charge in [0.25, 0.3) is 5.91 Å². The van der Waals surface area contributed by atoms with E-state index in [1.54, 1.807) is 6.07 Å². The zero-order chi connectivity index (χ0) is 22.4. The monoisotopic (exact) mass is 450 g/mol. The molecule has 0 atom stereocenters. The average Bonchev–Trinajstić information content (AvgIpc) is 2.97. The van der Waals surface area contributed by atoms with Crippen molar-refractivity contribution in [1.82, 2.24) is 4.72 Å². The van der Waals surface area contributed by atoms with Gasteiger partial charge < -0.3 is 5.11 Å². The highest BCUT2D eigenvalue weighted by molar-refractivity contribution is 7.92. The molecule has 0 radical (unpaired) electrons. The zero-order valence-corrected chi connectivity index (χ0v) is 16.8. The number of phenolic OH excluding ortho intramolecular Hbond substituents is 1. The van der Waals surface area contributed by atoms with Crippen LogP contribution in [-0.4, -0.2) is 26.0 Å². The molecule has 0 aromatic heterocycles. The zero-order valence-electron chi connectivity index (χ0n) is 16.0. The van der Waals surface area contributed by atoms with Gasteiger partial charge in [-0.2, -0.15) is 21.6 Å². The predicted molar refractivity (Wildman–Crippen MR) is 109 cm³/mol. The molecule has 0 bridgehead atoms. The maximum absolute atomic E-state index is 12.7. The summed E-state index contributed by atoms with van der Waals surface area (Å²) in [4.78, 5) is 11.5. The summed E-state index contributed by atoms with van der Waals surface area (Å²) in [5.74, 6) is -0.963. The number of anilines is 1. The Labute approximate surface area is 176 Å². The van der Waals surface area contributed by atoms with Gasteiger partial charge in [-0.05, 0) is 59.0 Å². The van der Waals surface area contributed by atoms with Crippen LogP contribution in [0.3, 0.4) is 0 Å². The molecule has 2 N–H and O–H groups in total. The summed E-state index contributed by atoms with van der Waals surface area (Å²) in [5, 5.41) is 11.6. The molecule has 1 saturated heterocycles. The highest BCUT2D eigenvalue weighted by Crippen LogP contribution is 2.35. The number of hydrogen-bond acceptors (Lipinski definition) is 4. The van der Waals surface area contributed by atoms with Crippen molar-refractivity contribution in [3.05, 3.63) is 71.3 Å². The first-order valence-electron chi connectivity index (χ1n) is 9.28. The van der Waals surface area contributed by atoms with Crippen LogP contribution in [0, 0.1) is 0 Å². The number of aromatic hydroxyl groups is 1. The quantitative estimate of drug-likeness (QED) is 0.637. The third-order valence-corrected chi connectivity index (χ3v) is 6.46. The molecule has 4 rings (SSSR count). The molecule has 0 spiro atoms. The fraction of sp³-hybridized carbons (Fsp3) is 0.190. The van der Waals surface area contributed by atoms with E-state index in [4.69, 9.17) is 0 Å². The van der Waals surface area contributed by atoms with Gasteiger partial charge in [-0.25, -0.2) is 9.03 Å². The number of alkyl halides is 3. The molecule has 1 aliphatic rings. The van der Waals surface area contributed by atoms with E-state index in [1.165, 1.54) is 24.3 Å². The topological polar surface area (TPSA) is 86.7 Å². The van der Waals surface area contributed by atoms with Crippen molar-refractivity contribution in [2.75, 3.05) is 10.8 Å². The lowest BCUT2D eigenvalue weighted by Gasteiger charge is -2.17. The number of nitrogens with zero attached hydrogens (tertiary/aromatic N) is 1. The molecule has 31 heavy (non-hydrogen) atoms. The molecule has 3 aromatic carbocycles. The third kappa shape index (κ3) is 4.29. The van der Waals surface area contributed by atoms with Gasteiger partial charge in [-0.1, -0.05) is 30.3 Å². The molecule has 3 aromatic rings. The lowest BCUT2D eigenvalue weighted by Crippen LogP contribution is -2.29. The second-order valence-corrected chi connectivity index (χ2v) is 8.85. The summed E-state index contributed by atoms with van der Waals surface area (Å²) in [7, 11) is -4.06. The van der Waals surface area contributed by atoms with Crippen molar-refractivity contribution in [1.29, 1.82) is 0 Å². The van der Waals surface area contributed by atoms with Gasteiger partial charge in [-0.15, -0.1) is 0 Å². The smallest absolute Gasteiger partial charge is 0.416 e. The molecule has 1 fully saturated rings. The van der Waals surface area contributed by atoms with E-state index in [-0.39, 0.29) is 11.4 Å². The number of aryl methyl sites for hydroxylation is 2. The van der Waals surface area contributed by atoms with Gasteiger partial charge >= 0.3 is 16.4 Å². The summed E-state index contributed by atoms with van der Waals surface area (Å²) >= 11 is 0. The molecular formula is C21H17F3N2O4S. The lowest BCUT2D eigenvalue weighted by molar-refractivity contribution is -0.137. The minimum Gasteiger partial charge on any atom is -0.506 e. The average molecular weight is 450 g/mol. The molecule has 0 unspecified atom stereocenters. The van der Waals surface area contributed by atoms with Crippen molar-refractivity contribution in [3.63, 3.8) is 0 Å². The maximum Gasteiger partial charge on any atom is 0.416 e. The molecule has 1 heterocycles. The van der Waals surface area contributed by atoms with Crippen molar-refractivity contribution in [3.8, 4) is 5.75 Å². The Morgan fingerprint density at radius 1 is 0.935 bits per heavy atom. The van der Waals surface area contributed by atoms with Gasteiger partial charge in [0.2, 0.25) is 0 Å². The Hall–Kier alpha value is -3.27. The summed E-state index contributed by atoms with van der Waals surface area (Å²) in [6, 6.07) is 13.3. The van der Waals surface area contributed by atoms with Crippen LogP contribution in [0.5, 0.6) is 5.75 Å². The van der Waals surface area contributed by atoms with E-state index < -0.39 is 34.4 Å². The highest BCUT2D eigenvalue weighted by atomic mass is 32.2.